The van der Waals surface area contributed by atoms with Crippen LogP contribution in [0.5, 0.6) is 0 Å². The Labute approximate surface area is 151 Å². The van der Waals surface area contributed by atoms with Crippen LogP contribution in [0, 0.1) is 0 Å². The fourth-order valence-corrected chi connectivity index (χ4v) is 3.57. The second kappa shape index (κ2) is 8.30. The van der Waals surface area contributed by atoms with Crippen LogP contribution in [-0.4, -0.2) is 23.4 Å². The lowest BCUT2D eigenvalue weighted by atomic mass is 10.0. The molecule has 2 atom stereocenters. The van der Waals surface area contributed by atoms with Gasteiger partial charge in [-0.2, -0.15) is 0 Å². The maximum atomic E-state index is 13.0. The van der Waals surface area contributed by atoms with Crippen molar-refractivity contribution in [2.24, 2.45) is 0 Å². The molecule has 0 saturated heterocycles. The summed E-state index contributed by atoms with van der Waals surface area (Å²) in [5.74, 6) is 0.158. The number of fused-ring (bicyclic) bond motifs is 1. The lowest BCUT2D eigenvalue weighted by Gasteiger charge is -2.32. The van der Waals surface area contributed by atoms with Crippen LogP contribution in [-0.2, 0) is 6.42 Å². The summed E-state index contributed by atoms with van der Waals surface area (Å²) in [4.78, 5) is 15.0. The van der Waals surface area contributed by atoms with E-state index >= 15 is 0 Å². The molecule has 1 aliphatic rings. The van der Waals surface area contributed by atoms with Crippen LogP contribution < -0.4 is 5.32 Å². The molecule has 2 aromatic rings. The summed E-state index contributed by atoms with van der Waals surface area (Å²) < 4.78 is 0. The lowest BCUT2D eigenvalue weighted by Crippen LogP contribution is -2.42. The molecule has 1 aliphatic heterocycles. The molecule has 0 unspecified atom stereocenters. The summed E-state index contributed by atoms with van der Waals surface area (Å²) >= 11 is 0. The molecule has 2 aromatic carbocycles. The van der Waals surface area contributed by atoms with Gasteiger partial charge in [0, 0.05) is 17.2 Å². The third-order valence-electron chi connectivity index (χ3n) is 5.03. The number of benzene rings is 2. The normalized spacial score (nSPS) is 17.6. The van der Waals surface area contributed by atoms with Crippen LogP contribution in [0.15, 0.2) is 54.6 Å². The molecule has 0 radical (unpaired) electrons. The topological polar surface area (TPSA) is 32.3 Å². The molecule has 0 fully saturated rings. The van der Waals surface area contributed by atoms with Crippen molar-refractivity contribution in [2.45, 2.75) is 51.7 Å². The standard InChI is InChI=1S/C22H28N2O/c1-3-4-16-23-21-19-12-8-9-13-20(19)22(25)24(21)17(2)14-15-18-10-6-5-7-11-18/h5-13,17,21,23H,3-4,14-16H2,1-2H3/t17-,21+/m0/s1. The summed E-state index contributed by atoms with van der Waals surface area (Å²) in [5, 5.41) is 3.60. The first-order valence-corrected chi connectivity index (χ1v) is 9.41. The number of nitrogens with one attached hydrogen (secondary N) is 1. The average molecular weight is 336 g/mol. The van der Waals surface area contributed by atoms with E-state index in [1.165, 1.54) is 5.56 Å². The molecule has 0 saturated carbocycles. The number of unbranched alkanes of at least 4 members (excludes halogenated alkanes) is 1. The number of nitrogens with zero attached hydrogens (tertiary/aromatic N) is 1. The van der Waals surface area contributed by atoms with Crippen molar-refractivity contribution < 1.29 is 4.79 Å². The average Bonchev–Trinajstić information content (AvgIpc) is 2.93. The highest BCUT2D eigenvalue weighted by Crippen LogP contribution is 2.34. The molecule has 3 heteroatoms. The van der Waals surface area contributed by atoms with Gasteiger partial charge in [0.25, 0.3) is 5.91 Å². The van der Waals surface area contributed by atoms with E-state index in [9.17, 15) is 4.79 Å². The number of hydrogen-bond donors (Lipinski definition) is 1. The zero-order valence-corrected chi connectivity index (χ0v) is 15.2. The highest BCUT2D eigenvalue weighted by atomic mass is 16.2. The van der Waals surface area contributed by atoms with Crippen molar-refractivity contribution in [3.05, 3.63) is 71.3 Å². The predicted octanol–water partition coefficient (Wildman–Crippen LogP) is 4.55. The van der Waals surface area contributed by atoms with Gasteiger partial charge in [0.2, 0.25) is 0 Å². The van der Waals surface area contributed by atoms with E-state index in [4.69, 9.17) is 0 Å². The molecule has 1 amide bonds. The second-order valence-corrected chi connectivity index (χ2v) is 6.88. The number of hydrogen-bond acceptors (Lipinski definition) is 2. The summed E-state index contributed by atoms with van der Waals surface area (Å²) in [6.07, 6.45) is 4.23. The molecular weight excluding hydrogens is 308 g/mol. The lowest BCUT2D eigenvalue weighted by molar-refractivity contribution is 0.0593. The molecule has 25 heavy (non-hydrogen) atoms. The smallest absolute Gasteiger partial charge is 0.256 e. The molecule has 0 bridgehead atoms. The summed E-state index contributed by atoms with van der Waals surface area (Å²) in [6.45, 7) is 5.29. The monoisotopic (exact) mass is 336 g/mol. The van der Waals surface area contributed by atoms with Crippen LogP contribution in [0.2, 0.25) is 0 Å². The number of carbonyl (C=O) groups excluding carboxylic acids is 1. The predicted molar refractivity (Wildman–Crippen MR) is 102 cm³/mol. The van der Waals surface area contributed by atoms with E-state index in [0.717, 1.165) is 43.4 Å². The van der Waals surface area contributed by atoms with Crippen LogP contribution in [0.3, 0.4) is 0 Å². The second-order valence-electron chi connectivity index (χ2n) is 6.88. The van der Waals surface area contributed by atoms with Gasteiger partial charge in [-0.05, 0) is 44.4 Å². The van der Waals surface area contributed by atoms with Crippen LogP contribution in [0.1, 0.15) is 60.8 Å². The Hall–Kier alpha value is -2.13. The van der Waals surface area contributed by atoms with Gasteiger partial charge < -0.3 is 4.90 Å². The van der Waals surface area contributed by atoms with E-state index in [2.05, 4.69) is 49.5 Å². The number of amides is 1. The van der Waals surface area contributed by atoms with Crippen molar-refractivity contribution in [1.29, 1.82) is 0 Å². The van der Waals surface area contributed by atoms with Crippen molar-refractivity contribution in [3.63, 3.8) is 0 Å². The van der Waals surface area contributed by atoms with E-state index in [1.807, 2.05) is 29.2 Å². The molecule has 0 spiro atoms. The summed E-state index contributed by atoms with van der Waals surface area (Å²) in [6, 6.07) is 18.7. The molecule has 3 rings (SSSR count). The van der Waals surface area contributed by atoms with Gasteiger partial charge in [0.15, 0.2) is 0 Å². The zero-order chi connectivity index (χ0) is 17.6. The highest BCUT2D eigenvalue weighted by molar-refractivity contribution is 5.99. The highest BCUT2D eigenvalue weighted by Gasteiger charge is 2.38. The SMILES string of the molecule is CCCCN[C@H]1c2ccccc2C(=O)N1[C@@H](C)CCc1ccccc1. The van der Waals surface area contributed by atoms with E-state index in [1.54, 1.807) is 0 Å². The number of aryl methyl sites for hydroxylation is 1. The Morgan fingerprint density at radius 3 is 2.56 bits per heavy atom. The molecule has 3 nitrogen and oxygen atoms in total. The minimum Gasteiger partial charge on any atom is -0.316 e. The molecule has 132 valence electrons. The third-order valence-corrected chi connectivity index (χ3v) is 5.03. The van der Waals surface area contributed by atoms with Crippen molar-refractivity contribution >= 4 is 5.91 Å². The Morgan fingerprint density at radius 2 is 1.80 bits per heavy atom. The Bertz CT molecular complexity index is 698. The molecule has 1 heterocycles. The minimum absolute atomic E-state index is 0.000948. The first kappa shape index (κ1) is 17.7. The van der Waals surface area contributed by atoms with Gasteiger partial charge >= 0.3 is 0 Å². The Balaban J connectivity index is 1.74. The van der Waals surface area contributed by atoms with Crippen LogP contribution >= 0.6 is 0 Å². The number of rotatable bonds is 8. The fourth-order valence-electron chi connectivity index (χ4n) is 3.57. The van der Waals surface area contributed by atoms with Gasteiger partial charge in [0.1, 0.15) is 6.17 Å². The molecule has 1 N–H and O–H groups in total. The van der Waals surface area contributed by atoms with Crippen molar-refractivity contribution in [3.8, 4) is 0 Å². The fraction of sp³-hybridized carbons (Fsp3) is 0.409. The quantitative estimate of drug-likeness (QED) is 0.717. The van der Waals surface area contributed by atoms with Crippen molar-refractivity contribution in [1.82, 2.24) is 10.2 Å². The molecule has 0 aliphatic carbocycles. The van der Waals surface area contributed by atoms with E-state index in [0.29, 0.717) is 0 Å². The number of carbonyl (C=O) groups is 1. The largest absolute Gasteiger partial charge is 0.316 e. The third kappa shape index (κ3) is 3.93. The van der Waals surface area contributed by atoms with Gasteiger partial charge in [0.05, 0.1) is 0 Å². The van der Waals surface area contributed by atoms with Crippen molar-refractivity contribution in [2.75, 3.05) is 6.54 Å². The molecule has 0 aromatic heterocycles. The van der Waals surface area contributed by atoms with Gasteiger partial charge in [-0.1, -0.05) is 61.9 Å². The van der Waals surface area contributed by atoms with E-state index < -0.39 is 0 Å². The van der Waals surface area contributed by atoms with E-state index in [-0.39, 0.29) is 18.1 Å². The van der Waals surface area contributed by atoms with Gasteiger partial charge in [-0.25, -0.2) is 0 Å². The maximum Gasteiger partial charge on any atom is 0.256 e. The maximum absolute atomic E-state index is 13.0. The van der Waals surface area contributed by atoms with Crippen LogP contribution in [0.25, 0.3) is 0 Å². The minimum atomic E-state index is 0.000948. The zero-order valence-electron chi connectivity index (χ0n) is 15.2. The van der Waals surface area contributed by atoms with Gasteiger partial charge in [-0.3, -0.25) is 10.1 Å². The Kier molecular flexibility index (Phi) is 5.87. The summed E-state index contributed by atoms with van der Waals surface area (Å²) in [5.41, 5.74) is 3.30. The van der Waals surface area contributed by atoms with Gasteiger partial charge in [-0.15, -0.1) is 0 Å². The Morgan fingerprint density at radius 1 is 1.08 bits per heavy atom. The van der Waals surface area contributed by atoms with Crippen LogP contribution in [0.4, 0.5) is 0 Å². The first-order valence-electron chi connectivity index (χ1n) is 9.41. The summed E-state index contributed by atoms with van der Waals surface area (Å²) in [7, 11) is 0. The molecular formula is C22H28N2O. The first-order chi connectivity index (χ1) is 12.2.